The number of benzene rings is 1. The fourth-order valence-corrected chi connectivity index (χ4v) is 3.04. The number of phenolic OH excluding ortho intramolecular Hbond substituents is 1. The Balaban J connectivity index is 2.24. The molecule has 1 N–H and O–H groups in total. The number of ether oxygens (including phenoxy) is 1. The number of likely N-dealkylation sites (tertiary alicyclic amines) is 1. The zero-order valence-electron chi connectivity index (χ0n) is 15.5. The van der Waals surface area contributed by atoms with Crippen molar-refractivity contribution in [1.29, 1.82) is 0 Å². The standard InChI is InChI=1S/C19H28N2O4/c1-5-20(14-10-6-7-12-16(14)22)17(23)15-11-8-9-13-21(15)18(24)25-19(2,3)4/h6-7,10,12,15,22H,5,8-9,11,13H2,1-4H3. The first-order chi connectivity index (χ1) is 11.7. The van der Waals surface area contributed by atoms with Crippen LogP contribution in [0.2, 0.25) is 0 Å². The van der Waals surface area contributed by atoms with Crippen LogP contribution in [0.4, 0.5) is 10.5 Å². The molecule has 6 nitrogen and oxygen atoms in total. The van der Waals surface area contributed by atoms with Gasteiger partial charge in [-0.15, -0.1) is 0 Å². The van der Waals surface area contributed by atoms with E-state index in [1.54, 1.807) is 24.3 Å². The number of piperidine rings is 1. The average Bonchev–Trinajstić information content (AvgIpc) is 2.55. The third-order valence-electron chi connectivity index (χ3n) is 4.17. The van der Waals surface area contributed by atoms with Crippen molar-refractivity contribution in [3.8, 4) is 5.75 Å². The number of amides is 2. The largest absolute Gasteiger partial charge is 0.506 e. The van der Waals surface area contributed by atoms with Crippen molar-refractivity contribution in [2.45, 2.75) is 58.6 Å². The van der Waals surface area contributed by atoms with Crippen LogP contribution >= 0.6 is 0 Å². The number of para-hydroxylation sites is 2. The second-order valence-corrected chi connectivity index (χ2v) is 7.26. The maximum absolute atomic E-state index is 13.1. The van der Waals surface area contributed by atoms with Gasteiger partial charge in [-0.3, -0.25) is 9.69 Å². The quantitative estimate of drug-likeness (QED) is 0.907. The fourth-order valence-electron chi connectivity index (χ4n) is 3.04. The van der Waals surface area contributed by atoms with Crippen molar-refractivity contribution in [3.63, 3.8) is 0 Å². The minimum Gasteiger partial charge on any atom is -0.506 e. The van der Waals surface area contributed by atoms with Crippen molar-refractivity contribution in [3.05, 3.63) is 24.3 Å². The molecule has 6 heteroatoms. The third kappa shape index (κ3) is 4.65. The Morgan fingerprint density at radius 1 is 1.28 bits per heavy atom. The molecule has 25 heavy (non-hydrogen) atoms. The number of rotatable bonds is 3. The molecule has 1 aliphatic rings. The summed E-state index contributed by atoms with van der Waals surface area (Å²) in [6, 6.07) is 6.18. The van der Waals surface area contributed by atoms with Crippen LogP contribution in [0.15, 0.2) is 24.3 Å². The van der Waals surface area contributed by atoms with Gasteiger partial charge >= 0.3 is 6.09 Å². The lowest BCUT2D eigenvalue weighted by Gasteiger charge is -2.38. The molecule has 0 saturated carbocycles. The minimum atomic E-state index is -0.607. The van der Waals surface area contributed by atoms with Gasteiger partial charge in [-0.25, -0.2) is 4.79 Å². The normalized spacial score (nSPS) is 17.9. The van der Waals surface area contributed by atoms with Gasteiger partial charge in [0.1, 0.15) is 17.4 Å². The fraction of sp³-hybridized carbons (Fsp3) is 0.579. The Labute approximate surface area is 149 Å². The first kappa shape index (κ1) is 19.1. The number of aromatic hydroxyl groups is 1. The molecule has 2 amide bonds. The summed E-state index contributed by atoms with van der Waals surface area (Å²) in [6.07, 6.45) is 1.88. The maximum atomic E-state index is 13.1. The van der Waals surface area contributed by atoms with Gasteiger partial charge < -0.3 is 14.7 Å². The highest BCUT2D eigenvalue weighted by atomic mass is 16.6. The number of nitrogens with zero attached hydrogens (tertiary/aromatic N) is 2. The molecule has 0 aliphatic carbocycles. The highest BCUT2D eigenvalue weighted by molar-refractivity contribution is 5.99. The van der Waals surface area contributed by atoms with E-state index < -0.39 is 17.7 Å². The number of likely N-dealkylation sites (N-methyl/N-ethyl adjacent to an activating group) is 1. The molecule has 138 valence electrons. The van der Waals surface area contributed by atoms with E-state index >= 15 is 0 Å². The lowest BCUT2D eigenvalue weighted by atomic mass is 10.0. The molecule has 0 radical (unpaired) electrons. The van der Waals surface area contributed by atoms with Crippen LogP contribution in [0.3, 0.4) is 0 Å². The predicted molar refractivity (Wildman–Crippen MR) is 96.7 cm³/mol. The van der Waals surface area contributed by atoms with Crippen LogP contribution in [-0.4, -0.2) is 46.7 Å². The number of hydrogen-bond donors (Lipinski definition) is 1. The van der Waals surface area contributed by atoms with Crippen LogP contribution in [0.25, 0.3) is 0 Å². The van der Waals surface area contributed by atoms with Crippen molar-refractivity contribution < 1.29 is 19.4 Å². The number of hydrogen-bond acceptors (Lipinski definition) is 4. The van der Waals surface area contributed by atoms with Gasteiger partial charge in [-0.05, 0) is 59.1 Å². The molecular weight excluding hydrogens is 320 g/mol. The number of carbonyl (C=O) groups excluding carboxylic acids is 2. The second-order valence-electron chi connectivity index (χ2n) is 7.26. The summed E-state index contributed by atoms with van der Waals surface area (Å²) < 4.78 is 5.47. The van der Waals surface area contributed by atoms with E-state index in [1.807, 2.05) is 27.7 Å². The highest BCUT2D eigenvalue weighted by Crippen LogP contribution is 2.29. The topological polar surface area (TPSA) is 70.1 Å². The van der Waals surface area contributed by atoms with Crippen LogP contribution in [0, 0.1) is 0 Å². The molecule has 1 aromatic rings. The van der Waals surface area contributed by atoms with Crippen molar-refractivity contribution in [2.24, 2.45) is 0 Å². The zero-order chi connectivity index (χ0) is 18.6. The van der Waals surface area contributed by atoms with E-state index in [4.69, 9.17) is 4.74 Å². The summed E-state index contributed by atoms with van der Waals surface area (Å²) in [5.74, 6) is -0.133. The lowest BCUT2D eigenvalue weighted by Crippen LogP contribution is -2.54. The summed E-state index contributed by atoms with van der Waals surface area (Å²) >= 11 is 0. The minimum absolute atomic E-state index is 0.0531. The number of carbonyl (C=O) groups is 2. The van der Waals surface area contributed by atoms with Crippen molar-refractivity contribution >= 4 is 17.7 Å². The van der Waals surface area contributed by atoms with Crippen LogP contribution in [-0.2, 0) is 9.53 Å². The third-order valence-corrected chi connectivity index (χ3v) is 4.17. The first-order valence-corrected chi connectivity index (χ1v) is 8.83. The second kappa shape index (κ2) is 7.76. The Morgan fingerprint density at radius 3 is 2.56 bits per heavy atom. The molecule has 0 aromatic heterocycles. The van der Waals surface area contributed by atoms with E-state index in [9.17, 15) is 14.7 Å². The van der Waals surface area contributed by atoms with Gasteiger partial charge in [0, 0.05) is 13.1 Å². The smallest absolute Gasteiger partial charge is 0.410 e. The van der Waals surface area contributed by atoms with E-state index in [1.165, 1.54) is 9.80 Å². The zero-order valence-corrected chi connectivity index (χ0v) is 15.5. The van der Waals surface area contributed by atoms with Gasteiger partial charge in [0.25, 0.3) is 0 Å². The Bertz CT molecular complexity index is 624. The molecule has 1 saturated heterocycles. The monoisotopic (exact) mass is 348 g/mol. The van der Waals surface area contributed by atoms with Gasteiger partial charge in [-0.1, -0.05) is 12.1 Å². The molecule has 1 fully saturated rings. The maximum Gasteiger partial charge on any atom is 0.410 e. The van der Waals surface area contributed by atoms with E-state index in [-0.39, 0.29) is 11.7 Å². The highest BCUT2D eigenvalue weighted by Gasteiger charge is 2.37. The summed E-state index contributed by atoms with van der Waals surface area (Å²) in [7, 11) is 0. The van der Waals surface area contributed by atoms with Crippen molar-refractivity contribution in [2.75, 3.05) is 18.0 Å². The van der Waals surface area contributed by atoms with Crippen LogP contribution < -0.4 is 4.90 Å². The molecule has 0 spiro atoms. The van der Waals surface area contributed by atoms with E-state index in [2.05, 4.69) is 0 Å². The molecule has 1 unspecified atom stereocenters. The average molecular weight is 348 g/mol. The van der Waals surface area contributed by atoms with Crippen molar-refractivity contribution in [1.82, 2.24) is 4.90 Å². The Morgan fingerprint density at radius 2 is 1.96 bits per heavy atom. The summed E-state index contributed by atoms with van der Waals surface area (Å²) in [5, 5.41) is 10.1. The summed E-state index contributed by atoms with van der Waals surface area (Å²) in [4.78, 5) is 28.7. The van der Waals surface area contributed by atoms with Gasteiger partial charge in [0.05, 0.1) is 5.69 Å². The molecule has 1 atom stereocenters. The lowest BCUT2D eigenvalue weighted by molar-refractivity contribution is -0.125. The van der Waals surface area contributed by atoms with Gasteiger partial charge in [0.2, 0.25) is 5.91 Å². The molecule has 1 aliphatic heterocycles. The molecule has 2 rings (SSSR count). The summed E-state index contributed by atoms with van der Waals surface area (Å²) in [5.41, 5.74) is -0.144. The van der Waals surface area contributed by atoms with E-state index in [0.29, 0.717) is 25.2 Å². The van der Waals surface area contributed by atoms with Gasteiger partial charge in [0.15, 0.2) is 0 Å². The molecule has 1 heterocycles. The molecule has 1 aromatic carbocycles. The number of phenols is 1. The van der Waals surface area contributed by atoms with Crippen LogP contribution in [0.5, 0.6) is 5.75 Å². The molecule has 0 bridgehead atoms. The Hall–Kier alpha value is -2.24. The predicted octanol–water partition coefficient (Wildman–Crippen LogP) is 3.53. The van der Waals surface area contributed by atoms with E-state index in [0.717, 1.165) is 12.8 Å². The summed E-state index contributed by atoms with van der Waals surface area (Å²) in [6.45, 7) is 8.20. The SMILES string of the molecule is CCN(C(=O)C1CCCCN1C(=O)OC(C)(C)C)c1ccccc1O. The molecular formula is C19H28N2O4. The van der Waals surface area contributed by atoms with Gasteiger partial charge in [-0.2, -0.15) is 0 Å². The first-order valence-electron chi connectivity index (χ1n) is 8.83. The number of anilines is 1. The van der Waals surface area contributed by atoms with Crippen LogP contribution in [0.1, 0.15) is 47.0 Å². The Kier molecular flexibility index (Phi) is 5.93.